The van der Waals surface area contributed by atoms with Crippen LogP contribution < -0.4 is 4.74 Å². The van der Waals surface area contributed by atoms with E-state index in [2.05, 4.69) is 0 Å². The molecule has 0 amide bonds. The van der Waals surface area contributed by atoms with Gasteiger partial charge in [-0.15, -0.1) is 11.3 Å². The molecule has 0 N–H and O–H groups in total. The zero-order valence-electron chi connectivity index (χ0n) is 5.51. The molecule has 1 aromatic heterocycles. The number of Topliss-reactive ketones (excluding diaryl/α,β-unsaturated/α-hetero) is 1. The molecule has 0 bridgehead atoms. The van der Waals surface area contributed by atoms with Gasteiger partial charge in [0, 0.05) is 4.88 Å². The van der Waals surface area contributed by atoms with Crippen LogP contribution in [0.2, 0.25) is 0 Å². The average molecular weight is 154 g/mol. The van der Waals surface area contributed by atoms with E-state index in [9.17, 15) is 4.79 Å². The van der Waals surface area contributed by atoms with E-state index >= 15 is 0 Å². The Labute approximate surface area is 62.4 Å². The van der Waals surface area contributed by atoms with Gasteiger partial charge in [-0.1, -0.05) is 0 Å². The highest BCUT2D eigenvalue weighted by Gasteiger charge is 2.23. The van der Waals surface area contributed by atoms with Crippen LogP contribution in [0.4, 0.5) is 0 Å². The first-order valence-corrected chi connectivity index (χ1v) is 3.85. The van der Waals surface area contributed by atoms with E-state index in [0.29, 0.717) is 0 Å². The van der Waals surface area contributed by atoms with Crippen molar-refractivity contribution in [1.29, 1.82) is 0 Å². The van der Waals surface area contributed by atoms with Crippen molar-refractivity contribution in [1.82, 2.24) is 0 Å². The summed E-state index contributed by atoms with van der Waals surface area (Å²) in [5.41, 5.74) is 0. The first-order valence-electron chi connectivity index (χ1n) is 3.04. The summed E-state index contributed by atoms with van der Waals surface area (Å²) in [6.45, 7) is 2.21. The van der Waals surface area contributed by atoms with Crippen LogP contribution in [0.3, 0.4) is 0 Å². The zero-order chi connectivity index (χ0) is 7.14. The van der Waals surface area contributed by atoms with Crippen LogP contribution in [0, 0.1) is 6.92 Å². The van der Waals surface area contributed by atoms with Crippen molar-refractivity contribution in [3.63, 3.8) is 0 Å². The number of thiophene rings is 1. The molecule has 3 heteroatoms. The van der Waals surface area contributed by atoms with Gasteiger partial charge < -0.3 is 4.74 Å². The van der Waals surface area contributed by atoms with Crippen molar-refractivity contribution in [2.45, 2.75) is 6.92 Å². The topological polar surface area (TPSA) is 26.3 Å². The first kappa shape index (κ1) is 5.92. The Morgan fingerprint density at radius 3 is 3.20 bits per heavy atom. The van der Waals surface area contributed by atoms with Crippen LogP contribution in [0.1, 0.15) is 14.5 Å². The van der Waals surface area contributed by atoms with Gasteiger partial charge in [0.15, 0.2) is 6.61 Å². The van der Waals surface area contributed by atoms with Gasteiger partial charge in [0.25, 0.3) is 0 Å². The molecule has 0 spiro atoms. The number of carbonyl (C=O) groups is 1. The summed E-state index contributed by atoms with van der Waals surface area (Å²) in [5, 5.41) is 0. The molecule has 0 aliphatic carbocycles. The molecule has 0 saturated heterocycles. The number of fused-ring (bicyclic) bond motifs is 1. The molecule has 1 aliphatic rings. The molecule has 1 aromatic rings. The zero-order valence-corrected chi connectivity index (χ0v) is 6.33. The van der Waals surface area contributed by atoms with Gasteiger partial charge in [-0.3, -0.25) is 4.79 Å². The molecule has 0 saturated carbocycles. The fourth-order valence-corrected chi connectivity index (χ4v) is 1.88. The minimum atomic E-state index is 0.119. The molecule has 1 aliphatic heterocycles. The van der Waals surface area contributed by atoms with Crippen molar-refractivity contribution >= 4 is 17.1 Å². The lowest BCUT2D eigenvalue weighted by Crippen LogP contribution is -1.98. The predicted octanol–water partition coefficient (Wildman–Crippen LogP) is 1.63. The molecule has 2 heterocycles. The third-order valence-electron chi connectivity index (χ3n) is 1.43. The van der Waals surface area contributed by atoms with E-state index < -0.39 is 0 Å². The SMILES string of the molecule is Cc1cc2c(s1)C(=O)CO2. The lowest BCUT2D eigenvalue weighted by atomic mass is 10.3. The van der Waals surface area contributed by atoms with Gasteiger partial charge in [-0.2, -0.15) is 0 Å². The lowest BCUT2D eigenvalue weighted by Gasteiger charge is -1.87. The molecule has 10 heavy (non-hydrogen) atoms. The molecule has 0 radical (unpaired) electrons. The van der Waals surface area contributed by atoms with Gasteiger partial charge in [-0.25, -0.2) is 0 Å². The Balaban J connectivity index is 2.59. The van der Waals surface area contributed by atoms with Gasteiger partial charge in [0.1, 0.15) is 10.6 Å². The van der Waals surface area contributed by atoms with Crippen LogP contribution in [-0.4, -0.2) is 12.4 Å². The second-order valence-electron chi connectivity index (χ2n) is 2.26. The van der Waals surface area contributed by atoms with Crippen LogP contribution in [0.5, 0.6) is 5.75 Å². The fourth-order valence-electron chi connectivity index (χ4n) is 1.00. The number of hydrogen-bond acceptors (Lipinski definition) is 3. The standard InChI is InChI=1S/C7H6O2S/c1-4-2-6-7(10-4)5(8)3-9-6/h2H,3H2,1H3. The van der Waals surface area contributed by atoms with E-state index in [1.165, 1.54) is 11.3 Å². The summed E-state index contributed by atoms with van der Waals surface area (Å²) in [4.78, 5) is 12.9. The first-order chi connectivity index (χ1) is 4.77. The van der Waals surface area contributed by atoms with Crippen molar-refractivity contribution in [2.24, 2.45) is 0 Å². The third kappa shape index (κ3) is 0.671. The Kier molecular flexibility index (Phi) is 1.08. The Hall–Kier alpha value is -0.830. The lowest BCUT2D eigenvalue weighted by molar-refractivity contribution is 0.0963. The maximum absolute atomic E-state index is 11.0. The molecular formula is C7H6O2S. The highest BCUT2D eigenvalue weighted by molar-refractivity contribution is 7.14. The summed E-state index contributed by atoms with van der Waals surface area (Å²) in [6.07, 6.45) is 0. The summed E-state index contributed by atoms with van der Waals surface area (Å²) >= 11 is 1.51. The van der Waals surface area contributed by atoms with Crippen LogP contribution in [-0.2, 0) is 0 Å². The summed E-state index contributed by atoms with van der Waals surface area (Å²) < 4.78 is 5.09. The van der Waals surface area contributed by atoms with E-state index in [1.54, 1.807) is 0 Å². The molecular weight excluding hydrogens is 148 g/mol. The number of aryl methyl sites for hydroxylation is 1. The van der Waals surface area contributed by atoms with Gasteiger partial charge in [0.2, 0.25) is 5.78 Å². The Bertz CT molecular complexity index is 288. The fraction of sp³-hybridized carbons (Fsp3) is 0.286. The van der Waals surface area contributed by atoms with E-state index in [1.807, 2.05) is 13.0 Å². The number of ketones is 1. The van der Waals surface area contributed by atoms with Crippen LogP contribution in [0.25, 0.3) is 0 Å². The quantitative estimate of drug-likeness (QED) is 0.567. The molecule has 0 atom stereocenters. The average Bonchev–Trinajstić information content (AvgIpc) is 2.35. The number of rotatable bonds is 0. The molecule has 0 unspecified atom stereocenters. The maximum atomic E-state index is 11.0. The Morgan fingerprint density at radius 1 is 1.70 bits per heavy atom. The number of carbonyl (C=O) groups excluding carboxylic acids is 1. The minimum absolute atomic E-state index is 0.119. The highest BCUT2D eigenvalue weighted by atomic mass is 32.1. The second kappa shape index (κ2) is 1.83. The number of ether oxygens (including phenoxy) is 1. The van der Waals surface area contributed by atoms with E-state index in [-0.39, 0.29) is 12.4 Å². The molecule has 2 rings (SSSR count). The smallest absolute Gasteiger partial charge is 0.213 e. The number of hydrogen-bond donors (Lipinski definition) is 0. The second-order valence-corrected chi connectivity index (χ2v) is 3.52. The van der Waals surface area contributed by atoms with E-state index in [4.69, 9.17) is 4.74 Å². The van der Waals surface area contributed by atoms with Crippen molar-refractivity contribution < 1.29 is 9.53 Å². The normalized spacial score (nSPS) is 15.1. The van der Waals surface area contributed by atoms with Crippen molar-refractivity contribution in [3.05, 3.63) is 15.8 Å². The van der Waals surface area contributed by atoms with E-state index in [0.717, 1.165) is 15.5 Å². The monoisotopic (exact) mass is 154 g/mol. The van der Waals surface area contributed by atoms with Crippen molar-refractivity contribution in [2.75, 3.05) is 6.61 Å². The molecule has 52 valence electrons. The van der Waals surface area contributed by atoms with Crippen molar-refractivity contribution in [3.8, 4) is 5.75 Å². The molecule has 2 nitrogen and oxygen atoms in total. The Morgan fingerprint density at radius 2 is 2.50 bits per heavy atom. The highest BCUT2D eigenvalue weighted by Crippen LogP contribution is 2.33. The molecule has 0 fully saturated rings. The van der Waals surface area contributed by atoms with Gasteiger partial charge in [0.05, 0.1) is 0 Å². The third-order valence-corrected chi connectivity index (χ3v) is 2.51. The summed E-state index contributed by atoms with van der Waals surface area (Å²) in [7, 11) is 0. The van der Waals surface area contributed by atoms with Crippen LogP contribution >= 0.6 is 11.3 Å². The van der Waals surface area contributed by atoms with Crippen LogP contribution in [0.15, 0.2) is 6.07 Å². The summed E-state index contributed by atoms with van der Waals surface area (Å²) in [6, 6.07) is 1.91. The largest absolute Gasteiger partial charge is 0.484 e. The van der Waals surface area contributed by atoms with Gasteiger partial charge in [-0.05, 0) is 13.0 Å². The molecule has 0 aromatic carbocycles. The van der Waals surface area contributed by atoms with Gasteiger partial charge >= 0.3 is 0 Å². The maximum Gasteiger partial charge on any atom is 0.213 e. The minimum Gasteiger partial charge on any atom is -0.484 e. The predicted molar refractivity (Wildman–Crippen MR) is 38.9 cm³/mol. The summed E-state index contributed by atoms with van der Waals surface area (Å²) in [5.74, 6) is 0.889.